The third-order valence-electron chi connectivity index (χ3n) is 6.03. The normalized spacial score (nSPS) is 21.6. The van der Waals surface area contributed by atoms with Gasteiger partial charge in [-0.25, -0.2) is 0 Å². The van der Waals surface area contributed by atoms with Gasteiger partial charge in [-0.1, -0.05) is 36.4 Å². The molecule has 1 aliphatic heterocycles. The van der Waals surface area contributed by atoms with Gasteiger partial charge in [-0.05, 0) is 30.5 Å². The SMILES string of the molecule is CN1C(=O)c2ccccc2C(C(=O)NC2CC2)C1c1cn(C)c2ccccc12. The van der Waals surface area contributed by atoms with Crippen LogP contribution in [-0.2, 0) is 11.8 Å². The van der Waals surface area contributed by atoms with Crippen LogP contribution < -0.4 is 5.32 Å². The Morgan fingerprint density at radius 1 is 1.00 bits per heavy atom. The molecule has 142 valence electrons. The molecule has 0 spiro atoms. The van der Waals surface area contributed by atoms with E-state index in [1.165, 1.54) is 0 Å². The molecule has 2 aromatic carbocycles. The van der Waals surface area contributed by atoms with E-state index in [4.69, 9.17) is 0 Å². The van der Waals surface area contributed by atoms with Gasteiger partial charge in [0.25, 0.3) is 5.91 Å². The zero-order valence-corrected chi connectivity index (χ0v) is 16.1. The van der Waals surface area contributed by atoms with Gasteiger partial charge < -0.3 is 14.8 Å². The van der Waals surface area contributed by atoms with Gasteiger partial charge in [0.15, 0.2) is 0 Å². The van der Waals surface area contributed by atoms with Gasteiger partial charge >= 0.3 is 0 Å². The lowest BCUT2D eigenvalue weighted by atomic mass is 9.79. The Balaban J connectivity index is 1.71. The van der Waals surface area contributed by atoms with Crippen LogP contribution in [0.25, 0.3) is 10.9 Å². The number of aromatic nitrogens is 1. The highest BCUT2D eigenvalue weighted by atomic mass is 16.2. The van der Waals surface area contributed by atoms with Crippen LogP contribution in [0.4, 0.5) is 0 Å². The van der Waals surface area contributed by atoms with Gasteiger partial charge in [-0.15, -0.1) is 0 Å². The van der Waals surface area contributed by atoms with E-state index in [0.717, 1.165) is 34.9 Å². The molecule has 5 rings (SSSR count). The molecule has 1 fully saturated rings. The molecule has 5 nitrogen and oxygen atoms in total. The fraction of sp³-hybridized carbons (Fsp3) is 0.304. The Kier molecular flexibility index (Phi) is 3.79. The largest absolute Gasteiger partial charge is 0.353 e. The number of carbonyl (C=O) groups is 2. The summed E-state index contributed by atoms with van der Waals surface area (Å²) in [5, 5.41) is 4.25. The van der Waals surface area contributed by atoms with Crippen LogP contribution in [0.15, 0.2) is 54.7 Å². The van der Waals surface area contributed by atoms with E-state index in [0.29, 0.717) is 5.56 Å². The Bertz CT molecular complexity index is 1100. The zero-order valence-electron chi connectivity index (χ0n) is 16.1. The van der Waals surface area contributed by atoms with E-state index in [9.17, 15) is 9.59 Å². The van der Waals surface area contributed by atoms with Crippen molar-refractivity contribution in [1.29, 1.82) is 0 Å². The number of nitrogens with zero attached hydrogens (tertiary/aromatic N) is 2. The van der Waals surface area contributed by atoms with Crippen LogP contribution >= 0.6 is 0 Å². The van der Waals surface area contributed by atoms with E-state index in [-0.39, 0.29) is 23.9 Å². The number of rotatable bonds is 3. The number of hydrogen-bond donors (Lipinski definition) is 1. The van der Waals surface area contributed by atoms with E-state index in [1.807, 2.05) is 50.5 Å². The van der Waals surface area contributed by atoms with Crippen LogP contribution in [0.2, 0.25) is 0 Å². The fourth-order valence-electron chi connectivity index (χ4n) is 4.47. The summed E-state index contributed by atoms with van der Waals surface area (Å²) < 4.78 is 2.07. The van der Waals surface area contributed by atoms with Crippen molar-refractivity contribution < 1.29 is 9.59 Å². The van der Waals surface area contributed by atoms with E-state index in [1.54, 1.807) is 4.90 Å². The molecule has 1 aliphatic carbocycles. The van der Waals surface area contributed by atoms with Crippen LogP contribution in [-0.4, -0.2) is 34.4 Å². The molecule has 2 amide bonds. The molecular weight excluding hydrogens is 350 g/mol. The predicted molar refractivity (Wildman–Crippen MR) is 108 cm³/mol. The van der Waals surface area contributed by atoms with Gasteiger partial charge in [0.2, 0.25) is 5.91 Å². The molecule has 0 radical (unpaired) electrons. The molecule has 1 N–H and O–H groups in total. The molecule has 0 bridgehead atoms. The first kappa shape index (κ1) is 17.0. The number of carbonyl (C=O) groups excluding carboxylic acids is 2. The Morgan fingerprint density at radius 2 is 1.71 bits per heavy atom. The number of nitrogens with one attached hydrogen (secondary N) is 1. The monoisotopic (exact) mass is 373 g/mol. The van der Waals surface area contributed by atoms with Gasteiger partial charge in [-0.2, -0.15) is 0 Å². The summed E-state index contributed by atoms with van der Waals surface area (Å²) >= 11 is 0. The van der Waals surface area contributed by atoms with Gasteiger partial charge in [0.1, 0.15) is 0 Å². The van der Waals surface area contributed by atoms with Crippen molar-refractivity contribution >= 4 is 22.7 Å². The van der Waals surface area contributed by atoms with Gasteiger partial charge in [0, 0.05) is 48.4 Å². The minimum absolute atomic E-state index is 0.00670. The number of hydrogen-bond acceptors (Lipinski definition) is 2. The summed E-state index contributed by atoms with van der Waals surface area (Å²) in [7, 11) is 3.81. The highest BCUT2D eigenvalue weighted by Crippen LogP contribution is 2.44. The summed E-state index contributed by atoms with van der Waals surface area (Å²) in [6.45, 7) is 0. The molecule has 1 saturated carbocycles. The van der Waals surface area contributed by atoms with Crippen molar-refractivity contribution in [2.24, 2.45) is 7.05 Å². The quantitative estimate of drug-likeness (QED) is 0.765. The summed E-state index contributed by atoms with van der Waals surface area (Å²) in [5.41, 5.74) is 3.55. The van der Waals surface area contributed by atoms with Gasteiger partial charge in [-0.3, -0.25) is 9.59 Å². The minimum Gasteiger partial charge on any atom is -0.353 e. The average molecular weight is 373 g/mol. The minimum atomic E-state index is -0.426. The van der Waals surface area contributed by atoms with E-state index in [2.05, 4.69) is 28.2 Å². The first-order valence-corrected chi connectivity index (χ1v) is 9.76. The molecule has 2 aliphatic rings. The van der Waals surface area contributed by atoms with Crippen molar-refractivity contribution in [2.75, 3.05) is 7.05 Å². The highest BCUT2D eigenvalue weighted by Gasteiger charge is 2.44. The first-order chi connectivity index (χ1) is 13.6. The average Bonchev–Trinajstić information content (AvgIpc) is 3.46. The third-order valence-corrected chi connectivity index (χ3v) is 6.03. The maximum absolute atomic E-state index is 13.3. The molecular formula is C23H23N3O2. The molecule has 2 heterocycles. The summed E-state index contributed by atoms with van der Waals surface area (Å²) in [6.07, 6.45) is 4.13. The smallest absolute Gasteiger partial charge is 0.254 e. The second kappa shape index (κ2) is 6.23. The maximum atomic E-state index is 13.3. The summed E-state index contributed by atoms with van der Waals surface area (Å²) in [5.74, 6) is -0.457. The Morgan fingerprint density at radius 3 is 2.50 bits per heavy atom. The molecule has 3 aromatic rings. The topological polar surface area (TPSA) is 54.3 Å². The Hall–Kier alpha value is -3.08. The van der Waals surface area contributed by atoms with Crippen molar-refractivity contribution in [1.82, 2.24) is 14.8 Å². The number of aryl methyl sites for hydroxylation is 1. The van der Waals surface area contributed by atoms with Crippen LogP contribution in [0, 0.1) is 0 Å². The standard InChI is InChI=1S/C23H23N3O2/c1-25-13-18(15-7-5-6-10-19(15)25)21-20(22(27)24-14-11-12-14)16-8-3-4-9-17(16)23(28)26(21)2/h3-10,13-14,20-21H,11-12H2,1-2H3,(H,24,27). The highest BCUT2D eigenvalue weighted by molar-refractivity contribution is 6.02. The van der Waals surface area contributed by atoms with Crippen LogP contribution in [0.5, 0.6) is 0 Å². The van der Waals surface area contributed by atoms with E-state index < -0.39 is 5.92 Å². The summed E-state index contributed by atoms with van der Waals surface area (Å²) in [6, 6.07) is 15.6. The van der Waals surface area contributed by atoms with Crippen molar-refractivity contribution in [3.8, 4) is 0 Å². The lowest BCUT2D eigenvalue weighted by Crippen LogP contribution is -2.46. The molecule has 1 aromatic heterocycles. The van der Waals surface area contributed by atoms with Crippen molar-refractivity contribution in [2.45, 2.75) is 30.8 Å². The van der Waals surface area contributed by atoms with Crippen LogP contribution in [0.3, 0.4) is 0 Å². The van der Waals surface area contributed by atoms with Crippen molar-refractivity contribution in [3.05, 3.63) is 71.4 Å². The second-order valence-corrected chi connectivity index (χ2v) is 7.92. The third kappa shape index (κ3) is 2.53. The summed E-state index contributed by atoms with van der Waals surface area (Å²) in [4.78, 5) is 28.2. The number of benzene rings is 2. The number of fused-ring (bicyclic) bond motifs is 2. The number of likely N-dealkylation sites (N-methyl/N-ethyl adjacent to an activating group) is 1. The number of amides is 2. The van der Waals surface area contributed by atoms with Gasteiger partial charge in [0.05, 0.1) is 12.0 Å². The second-order valence-electron chi connectivity index (χ2n) is 7.92. The predicted octanol–water partition coefficient (Wildman–Crippen LogP) is 3.37. The van der Waals surface area contributed by atoms with Crippen molar-refractivity contribution in [3.63, 3.8) is 0 Å². The molecule has 2 unspecified atom stereocenters. The fourth-order valence-corrected chi connectivity index (χ4v) is 4.47. The zero-order chi connectivity index (χ0) is 19.4. The first-order valence-electron chi connectivity index (χ1n) is 9.76. The lowest BCUT2D eigenvalue weighted by molar-refractivity contribution is -0.124. The molecule has 28 heavy (non-hydrogen) atoms. The Labute approximate surface area is 163 Å². The lowest BCUT2D eigenvalue weighted by Gasteiger charge is -2.39. The molecule has 2 atom stereocenters. The van der Waals surface area contributed by atoms with Crippen LogP contribution in [0.1, 0.15) is 46.3 Å². The van der Waals surface area contributed by atoms with E-state index >= 15 is 0 Å². The molecule has 0 saturated heterocycles. The molecule has 5 heteroatoms. The maximum Gasteiger partial charge on any atom is 0.254 e. The number of para-hydroxylation sites is 1.